The molecule has 9 heteroatoms. The number of carbonyl (C=O) groups is 2. The fraction of sp³-hybridized carbons (Fsp3) is 0.444. The number of fused-ring (bicyclic) bond motifs is 1. The number of ether oxygens (including phenoxy) is 2. The summed E-state index contributed by atoms with van der Waals surface area (Å²) >= 11 is 5.91. The number of halogens is 4. The molecule has 0 spiro atoms. The van der Waals surface area contributed by atoms with E-state index in [2.05, 4.69) is 0 Å². The van der Waals surface area contributed by atoms with Gasteiger partial charge in [0.15, 0.2) is 6.61 Å². The lowest BCUT2D eigenvalue weighted by Gasteiger charge is -2.33. The van der Waals surface area contributed by atoms with Crippen LogP contribution in [0.2, 0.25) is 5.02 Å². The maximum Gasteiger partial charge on any atom is 0.393 e. The van der Waals surface area contributed by atoms with Crippen LogP contribution < -0.4 is 4.74 Å². The Kier molecular flexibility index (Phi) is 5.64. The predicted molar refractivity (Wildman–Crippen MR) is 91.2 cm³/mol. The van der Waals surface area contributed by atoms with E-state index in [0.717, 1.165) is 4.90 Å². The molecule has 1 saturated heterocycles. The minimum absolute atomic E-state index is 0.000733. The van der Waals surface area contributed by atoms with Gasteiger partial charge >= 0.3 is 12.1 Å². The predicted octanol–water partition coefficient (Wildman–Crippen LogP) is 3.46. The second kappa shape index (κ2) is 7.80. The minimum atomic E-state index is -4.34. The number of hydrogen-bond donors (Lipinski definition) is 0. The van der Waals surface area contributed by atoms with Crippen LogP contribution in [0.5, 0.6) is 5.75 Å². The third-order valence-corrected chi connectivity index (χ3v) is 4.75. The fourth-order valence-corrected chi connectivity index (χ4v) is 3.23. The lowest BCUT2D eigenvalue weighted by Crippen LogP contribution is -2.46. The van der Waals surface area contributed by atoms with Gasteiger partial charge in [-0.1, -0.05) is 11.6 Å². The van der Waals surface area contributed by atoms with E-state index in [1.54, 1.807) is 24.3 Å². The molecule has 2 heterocycles. The van der Waals surface area contributed by atoms with Crippen molar-refractivity contribution in [3.05, 3.63) is 34.4 Å². The molecule has 1 fully saturated rings. The molecule has 2 aliphatic rings. The molecule has 5 nitrogen and oxygen atoms in total. The standard InChI is InChI=1S/C18H17ClF3NO4/c19-14-3-4-15-11(7-14)6-12(9-26-15)17(25)27-10-16(24)23-5-1-2-13(8-23)18(20,21)22/h3-4,6-7,13H,1-2,5,8-10H2/t13-/m1/s1. The second-order valence-corrected chi connectivity index (χ2v) is 6.87. The molecule has 146 valence electrons. The highest BCUT2D eigenvalue weighted by molar-refractivity contribution is 6.30. The van der Waals surface area contributed by atoms with Gasteiger partial charge in [0.25, 0.3) is 5.91 Å². The summed E-state index contributed by atoms with van der Waals surface area (Å²) in [6, 6.07) is 4.95. The van der Waals surface area contributed by atoms with Crippen molar-refractivity contribution in [3.63, 3.8) is 0 Å². The van der Waals surface area contributed by atoms with Crippen molar-refractivity contribution in [2.75, 3.05) is 26.3 Å². The summed E-state index contributed by atoms with van der Waals surface area (Å²) in [4.78, 5) is 25.4. The molecule has 3 rings (SSSR count). The number of hydrogen-bond acceptors (Lipinski definition) is 4. The van der Waals surface area contributed by atoms with Gasteiger partial charge in [0.05, 0.1) is 11.5 Å². The average molecular weight is 404 g/mol. The van der Waals surface area contributed by atoms with Crippen LogP contribution in [0, 0.1) is 5.92 Å². The quantitative estimate of drug-likeness (QED) is 0.725. The molecule has 1 aromatic carbocycles. The first-order valence-electron chi connectivity index (χ1n) is 8.38. The zero-order valence-electron chi connectivity index (χ0n) is 14.2. The van der Waals surface area contributed by atoms with Crippen molar-refractivity contribution >= 4 is 29.6 Å². The number of amides is 1. The van der Waals surface area contributed by atoms with Crippen molar-refractivity contribution in [1.29, 1.82) is 0 Å². The molecule has 1 amide bonds. The lowest BCUT2D eigenvalue weighted by molar-refractivity contribution is -0.189. The number of alkyl halides is 3. The Bertz CT molecular complexity index is 778. The van der Waals surface area contributed by atoms with Gasteiger partial charge < -0.3 is 14.4 Å². The zero-order chi connectivity index (χ0) is 19.6. The highest BCUT2D eigenvalue weighted by atomic mass is 35.5. The molecule has 0 radical (unpaired) electrons. The number of nitrogens with zero attached hydrogens (tertiary/aromatic N) is 1. The van der Waals surface area contributed by atoms with Crippen LogP contribution in [-0.4, -0.2) is 49.3 Å². The summed E-state index contributed by atoms with van der Waals surface area (Å²) in [5, 5.41) is 0.475. The number of piperidine rings is 1. The zero-order valence-corrected chi connectivity index (χ0v) is 15.0. The first-order valence-corrected chi connectivity index (χ1v) is 8.76. The Morgan fingerprint density at radius 3 is 2.85 bits per heavy atom. The average Bonchev–Trinajstić information content (AvgIpc) is 2.64. The van der Waals surface area contributed by atoms with Crippen LogP contribution >= 0.6 is 11.6 Å². The van der Waals surface area contributed by atoms with Crippen molar-refractivity contribution in [2.24, 2.45) is 5.92 Å². The van der Waals surface area contributed by atoms with E-state index < -0.39 is 37.1 Å². The summed E-state index contributed by atoms with van der Waals surface area (Å²) < 4.78 is 48.9. The molecule has 2 aliphatic heterocycles. The summed E-state index contributed by atoms with van der Waals surface area (Å²) in [6.07, 6.45) is -2.52. The van der Waals surface area contributed by atoms with Gasteiger partial charge in [-0.15, -0.1) is 0 Å². The molecular weight excluding hydrogens is 387 g/mol. The normalized spacial score (nSPS) is 19.6. The van der Waals surface area contributed by atoms with Gasteiger partial charge in [0.2, 0.25) is 0 Å². The first kappa shape index (κ1) is 19.5. The van der Waals surface area contributed by atoms with Gasteiger partial charge in [-0.2, -0.15) is 13.2 Å². The molecule has 0 saturated carbocycles. The number of likely N-dealkylation sites (tertiary alicyclic amines) is 1. The first-order chi connectivity index (χ1) is 12.7. The third kappa shape index (κ3) is 4.74. The van der Waals surface area contributed by atoms with Crippen LogP contribution in [0.15, 0.2) is 23.8 Å². The summed E-state index contributed by atoms with van der Waals surface area (Å²) in [5.41, 5.74) is 0.806. The fourth-order valence-electron chi connectivity index (χ4n) is 3.05. The number of benzene rings is 1. The molecule has 0 aromatic heterocycles. The maximum atomic E-state index is 12.8. The molecule has 0 aliphatic carbocycles. The van der Waals surface area contributed by atoms with Gasteiger partial charge in [0, 0.05) is 23.7 Å². The Morgan fingerprint density at radius 2 is 2.11 bits per heavy atom. The molecule has 1 atom stereocenters. The van der Waals surface area contributed by atoms with Crippen LogP contribution in [0.4, 0.5) is 13.2 Å². The molecule has 27 heavy (non-hydrogen) atoms. The van der Waals surface area contributed by atoms with Gasteiger partial charge in [0.1, 0.15) is 12.4 Å². The van der Waals surface area contributed by atoms with Crippen LogP contribution in [0.1, 0.15) is 18.4 Å². The van der Waals surface area contributed by atoms with E-state index in [4.69, 9.17) is 21.1 Å². The van der Waals surface area contributed by atoms with Gasteiger partial charge in [-0.05, 0) is 37.1 Å². The summed E-state index contributed by atoms with van der Waals surface area (Å²) in [5.74, 6) is -2.36. The van der Waals surface area contributed by atoms with Crippen molar-refractivity contribution < 1.29 is 32.2 Å². The smallest absolute Gasteiger partial charge is 0.393 e. The number of rotatable bonds is 3. The van der Waals surface area contributed by atoms with E-state index in [0.29, 0.717) is 16.3 Å². The van der Waals surface area contributed by atoms with E-state index in [1.165, 1.54) is 0 Å². The van der Waals surface area contributed by atoms with E-state index in [1.807, 2.05) is 0 Å². The second-order valence-electron chi connectivity index (χ2n) is 6.44. The molecule has 0 bridgehead atoms. The van der Waals surface area contributed by atoms with Crippen molar-refractivity contribution in [3.8, 4) is 5.75 Å². The lowest BCUT2D eigenvalue weighted by atomic mass is 9.97. The van der Waals surface area contributed by atoms with Crippen LogP contribution in [-0.2, 0) is 14.3 Å². The monoisotopic (exact) mass is 403 g/mol. The minimum Gasteiger partial charge on any atom is -0.488 e. The Labute approximate surface area is 158 Å². The van der Waals surface area contributed by atoms with Crippen molar-refractivity contribution in [2.45, 2.75) is 19.0 Å². The molecule has 0 unspecified atom stereocenters. The van der Waals surface area contributed by atoms with Crippen molar-refractivity contribution in [1.82, 2.24) is 4.90 Å². The summed E-state index contributed by atoms with van der Waals surface area (Å²) in [6.45, 7) is -0.817. The molecular formula is C18H17ClF3NO4. The van der Waals surface area contributed by atoms with Gasteiger partial charge in [-0.3, -0.25) is 4.79 Å². The highest BCUT2D eigenvalue weighted by Gasteiger charge is 2.42. The Morgan fingerprint density at radius 1 is 1.33 bits per heavy atom. The topological polar surface area (TPSA) is 55.8 Å². The van der Waals surface area contributed by atoms with E-state index in [9.17, 15) is 22.8 Å². The summed E-state index contributed by atoms with van der Waals surface area (Å²) in [7, 11) is 0. The van der Waals surface area contributed by atoms with Gasteiger partial charge in [-0.25, -0.2) is 4.79 Å². The third-order valence-electron chi connectivity index (χ3n) is 4.51. The number of carbonyl (C=O) groups excluding carboxylic acids is 2. The van der Waals surface area contributed by atoms with Crippen LogP contribution in [0.3, 0.4) is 0 Å². The maximum absolute atomic E-state index is 12.8. The van der Waals surface area contributed by atoms with Crippen LogP contribution in [0.25, 0.3) is 6.08 Å². The Balaban J connectivity index is 1.57. The highest BCUT2D eigenvalue weighted by Crippen LogP contribution is 2.33. The molecule has 0 N–H and O–H groups in total. The SMILES string of the molecule is O=C(OCC(=O)N1CCC[C@@H](C(F)(F)F)C1)C1=Cc2cc(Cl)ccc2OC1. The molecule has 1 aromatic rings. The van der Waals surface area contributed by atoms with E-state index >= 15 is 0 Å². The van der Waals surface area contributed by atoms with E-state index in [-0.39, 0.29) is 31.6 Å². The number of esters is 1. The Hall–Kier alpha value is -2.22. The largest absolute Gasteiger partial charge is 0.488 e.